The van der Waals surface area contributed by atoms with E-state index in [1.807, 2.05) is 32.0 Å². The zero-order valence-electron chi connectivity index (χ0n) is 24.0. The summed E-state index contributed by atoms with van der Waals surface area (Å²) >= 11 is 5.12. The molecule has 4 rings (SSSR count). The molecule has 0 saturated heterocycles. The van der Waals surface area contributed by atoms with Crippen molar-refractivity contribution in [1.82, 2.24) is 5.32 Å². The number of hydrogen-bond acceptors (Lipinski definition) is 9. The Morgan fingerprint density at radius 2 is 1.80 bits per heavy atom. The number of benzene rings is 2. The summed E-state index contributed by atoms with van der Waals surface area (Å²) in [6, 6.07) is 9.15. The van der Waals surface area contributed by atoms with Crippen molar-refractivity contribution >= 4 is 39.4 Å². The van der Waals surface area contributed by atoms with Gasteiger partial charge in [-0.3, -0.25) is 4.79 Å². The first-order valence-corrected chi connectivity index (χ1v) is 15.5. The van der Waals surface area contributed by atoms with E-state index in [0.29, 0.717) is 57.2 Å². The number of nitrogens with one attached hydrogen (secondary N) is 1. The monoisotopic (exact) mass is 645 g/mol. The van der Waals surface area contributed by atoms with Crippen molar-refractivity contribution < 1.29 is 33.6 Å². The van der Waals surface area contributed by atoms with E-state index in [9.17, 15) is 14.7 Å². The Hall–Kier alpha value is -3.11. The number of aromatic hydroxyl groups is 1. The minimum atomic E-state index is -0.687. The maximum Gasteiger partial charge on any atom is 0.336 e. The Morgan fingerprint density at radius 3 is 2.49 bits per heavy atom. The minimum Gasteiger partial charge on any atom is -0.503 e. The van der Waals surface area contributed by atoms with E-state index in [0.717, 1.165) is 17.0 Å². The lowest BCUT2D eigenvalue weighted by molar-refractivity contribution is -0.138. The summed E-state index contributed by atoms with van der Waals surface area (Å²) in [6.07, 6.45) is 0.829. The van der Waals surface area contributed by atoms with Crippen molar-refractivity contribution in [3.05, 3.63) is 68.5 Å². The summed E-state index contributed by atoms with van der Waals surface area (Å²) in [6.45, 7) is 6.32. The van der Waals surface area contributed by atoms with Gasteiger partial charge in [0.2, 0.25) is 0 Å². The summed E-state index contributed by atoms with van der Waals surface area (Å²) in [5, 5.41) is 14.0. The molecule has 1 heterocycles. The molecule has 1 aliphatic carbocycles. The largest absolute Gasteiger partial charge is 0.503 e. The molecule has 2 aromatic carbocycles. The van der Waals surface area contributed by atoms with Crippen molar-refractivity contribution in [3.8, 4) is 23.0 Å². The lowest BCUT2D eigenvalue weighted by atomic mass is 9.71. The van der Waals surface area contributed by atoms with Gasteiger partial charge in [0.15, 0.2) is 28.8 Å². The number of ketones is 1. The van der Waals surface area contributed by atoms with E-state index in [1.165, 1.54) is 0 Å². The second-order valence-corrected chi connectivity index (χ2v) is 12.0. The average molecular weight is 647 g/mol. The maximum atomic E-state index is 14.0. The first kappa shape index (κ1) is 30.8. The topological polar surface area (TPSA) is 103 Å². The van der Waals surface area contributed by atoms with E-state index in [-0.39, 0.29) is 36.2 Å². The van der Waals surface area contributed by atoms with Crippen LogP contribution in [0.4, 0.5) is 0 Å². The smallest absolute Gasteiger partial charge is 0.336 e. The molecule has 8 nitrogen and oxygen atoms in total. The van der Waals surface area contributed by atoms with Crippen molar-refractivity contribution in [2.75, 3.05) is 38.9 Å². The molecular formula is C31H36BrNO7S. The van der Waals surface area contributed by atoms with Crippen molar-refractivity contribution in [1.29, 1.82) is 0 Å². The molecule has 0 amide bonds. The zero-order valence-corrected chi connectivity index (χ0v) is 26.4. The van der Waals surface area contributed by atoms with Crippen LogP contribution in [-0.2, 0) is 14.3 Å². The van der Waals surface area contributed by atoms with Crippen LogP contribution in [0, 0.1) is 0 Å². The highest BCUT2D eigenvalue weighted by Crippen LogP contribution is 2.48. The molecule has 0 fully saturated rings. The van der Waals surface area contributed by atoms with Crippen LogP contribution in [0.25, 0.3) is 0 Å². The van der Waals surface area contributed by atoms with Crippen LogP contribution in [-0.4, -0.2) is 55.8 Å². The molecule has 0 bridgehead atoms. The van der Waals surface area contributed by atoms with Gasteiger partial charge in [-0.25, -0.2) is 4.79 Å². The van der Waals surface area contributed by atoms with Gasteiger partial charge in [0, 0.05) is 35.1 Å². The van der Waals surface area contributed by atoms with E-state index < -0.39 is 11.9 Å². The first-order valence-electron chi connectivity index (χ1n) is 13.6. The number of phenolic OH excluding ortho intramolecular Hbond substituents is 1. The minimum absolute atomic E-state index is 0.0383. The predicted molar refractivity (Wildman–Crippen MR) is 163 cm³/mol. The van der Waals surface area contributed by atoms with E-state index >= 15 is 0 Å². The molecule has 2 aliphatic rings. The molecule has 1 aliphatic heterocycles. The van der Waals surface area contributed by atoms with Gasteiger partial charge >= 0.3 is 5.97 Å². The van der Waals surface area contributed by atoms with Gasteiger partial charge in [-0.05, 0) is 83.3 Å². The van der Waals surface area contributed by atoms with E-state index in [1.54, 1.807) is 38.1 Å². The zero-order chi connectivity index (χ0) is 29.7. The van der Waals surface area contributed by atoms with Crippen LogP contribution >= 0.6 is 27.7 Å². The number of rotatable bonds is 11. The third-order valence-electron chi connectivity index (χ3n) is 7.28. The van der Waals surface area contributed by atoms with Crippen molar-refractivity contribution in [3.63, 3.8) is 0 Å². The van der Waals surface area contributed by atoms with Crippen LogP contribution in [0.5, 0.6) is 23.0 Å². The summed E-state index contributed by atoms with van der Waals surface area (Å²) in [7, 11) is 3.17. The molecule has 2 N–H and O–H groups in total. The van der Waals surface area contributed by atoms with Gasteiger partial charge in [-0.15, -0.1) is 0 Å². The summed E-state index contributed by atoms with van der Waals surface area (Å²) in [4.78, 5) is 27.5. The lowest BCUT2D eigenvalue weighted by Gasteiger charge is -2.37. The quantitative estimate of drug-likeness (QED) is 0.217. The molecule has 220 valence electrons. The molecule has 0 radical (unpaired) electrons. The number of allylic oxidation sites excluding steroid dienone is 3. The van der Waals surface area contributed by atoms with Crippen LogP contribution in [0.15, 0.2) is 57.3 Å². The van der Waals surface area contributed by atoms with Crippen molar-refractivity contribution in [2.45, 2.75) is 45.4 Å². The average Bonchev–Trinajstić information content (AvgIpc) is 2.96. The highest BCUT2D eigenvalue weighted by atomic mass is 79.9. The van der Waals surface area contributed by atoms with Gasteiger partial charge in [-0.2, -0.15) is 11.8 Å². The second kappa shape index (κ2) is 13.7. The van der Waals surface area contributed by atoms with Crippen LogP contribution in [0.3, 0.4) is 0 Å². The summed E-state index contributed by atoms with van der Waals surface area (Å²) in [5.74, 6) is 1.76. The number of methoxy groups -OCH3 is 2. The SMILES string of the molecule is CCOc1cc([C@@H]2C(C(=O)OCCSCC)=C(C)NC3=C2C(=O)C[C@H](c2ccc(OC)c(OC)c2)C3)cc(Br)c1O. The fraction of sp³-hybridized carbons (Fsp3) is 0.419. The third-order valence-corrected chi connectivity index (χ3v) is 8.74. The fourth-order valence-corrected chi connectivity index (χ4v) is 6.38. The second-order valence-electron chi connectivity index (χ2n) is 9.75. The number of phenols is 1. The number of Topliss-reactive ketones (excluding diaryl/α,β-unsaturated/α-hetero) is 1. The number of carbonyl (C=O) groups excluding carboxylic acids is 2. The standard InChI is InChI=1S/C31H36BrNO7S/c1-6-39-26-16-20(12-21(32)30(26)35)28-27(31(36)40-10-11-41-7-2)17(3)33-22-13-19(14-23(34)29(22)28)18-8-9-24(37-4)25(15-18)38-5/h8-9,12,15-16,19,28,33,35H,6-7,10-11,13-14H2,1-5H3/t19-,28-/m1/s1. The number of dihydropyridines is 1. The molecular weight excluding hydrogens is 610 g/mol. The molecule has 2 aromatic rings. The Labute approximate surface area is 253 Å². The first-order chi connectivity index (χ1) is 19.7. The molecule has 2 atom stereocenters. The number of esters is 1. The number of thioether (sulfide) groups is 1. The predicted octanol–water partition coefficient (Wildman–Crippen LogP) is 6.23. The molecule has 0 unspecified atom stereocenters. The molecule has 0 saturated carbocycles. The third kappa shape index (κ3) is 6.54. The Bertz CT molecular complexity index is 1390. The molecule has 10 heteroatoms. The normalized spacial score (nSPS) is 18.5. The molecule has 0 spiro atoms. The fourth-order valence-electron chi connectivity index (χ4n) is 5.43. The summed E-state index contributed by atoms with van der Waals surface area (Å²) < 4.78 is 22.7. The molecule has 41 heavy (non-hydrogen) atoms. The Kier molecular flexibility index (Phi) is 10.3. The van der Waals surface area contributed by atoms with Gasteiger partial charge in [-0.1, -0.05) is 13.0 Å². The van der Waals surface area contributed by atoms with Crippen LogP contribution in [0.2, 0.25) is 0 Å². The van der Waals surface area contributed by atoms with Gasteiger partial charge in [0.1, 0.15) is 6.61 Å². The number of ether oxygens (including phenoxy) is 4. The maximum absolute atomic E-state index is 14.0. The van der Waals surface area contributed by atoms with E-state index in [4.69, 9.17) is 18.9 Å². The van der Waals surface area contributed by atoms with Gasteiger partial charge in [0.05, 0.1) is 30.9 Å². The van der Waals surface area contributed by atoms with Gasteiger partial charge < -0.3 is 29.4 Å². The van der Waals surface area contributed by atoms with Gasteiger partial charge in [0.25, 0.3) is 0 Å². The van der Waals surface area contributed by atoms with Crippen LogP contribution < -0.4 is 19.5 Å². The Morgan fingerprint density at radius 1 is 1.07 bits per heavy atom. The number of carbonyl (C=O) groups is 2. The summed E-state index contributed by atoms with van der Waals surface area (Å²) in [5.41, 5.74) is 3.92. The Balaban J connectivity index is 1.78. The highest BCUT2D eigenvalue weighted by Gasteiger charge is 2.42. The number of hydrogen-bond donors (Lipinski definition) is 2. The van der Waals surface area contributed by atoms with E-state index in [2.05, 4.69) is 28.2 Å². The van der Waals surface area contributed by atoms with Crippen molar-refractivity contribution in [2.24, 2.45) is 0 Å². The highest BCUT2D eigenvalue weighted by molar-refractivity contribution is 9.10. The van der Waals surface area contributed by atoms with Crippen LogP contribution in [0.1, 0.15) is 56.6 Å². The lowest BCUT2D eigenvalue weighted by Crippen LogP contribution is -2.36. The molecule has 0 aromatic heterocycles. The number of halogens is 1.